The molecule has 1 aromatic carbocycles. The van der Waals surface area contributed by atoms with E-state index in [1.807, 2.05) is 13.8 Å². The normalized spacial score (nSPS) is 12.0. The highest BCUT2D eigenvalue weighted by Gasteiger charge is 2.11. The van der Waals surface area contributed by atoms with E-state index in [1.165, 1.54) is 6.07 Å². The second-order valence-corrected chi connectivity index (χ2v) is 6.27. The molecule has 4 nitrogen and oxygen atoms in total. The van der Waals surface area contributed by atoms with Gasteiger partial charge < -0.3 is 5.32 Å². The summed E-state index contributed by atoms with van der Waals surface area (Å²) in [6, 6.07) is 6.35. The number of sulfonamides is 1. The van der Waals surface area contributed by atoms with Crippen LogP contribution in [-0.4, -0.2) is 26.8 Å². The van der Waals surface area contributed by atoms with Gasteiger partial charge in [-0.1, -0.05) is 32.0 Å². The van der Waals surface area contributed by atoms with Crippen LogP contribution in [-0.2, 0) is 16.6 Å². The molecule has 0 radical (unpaired) electrons. The van der Waals surface area contributed by atoms with E-state index < -0.39 is 15.8 Å². The van der Waals surface area contributed by atoms with E-state index in [0.717, 1.165) is 0 Å². The molecule has 2 N–H and O–H groups in total. The Bertz CT molecular complexity index is 475. The summed E-state index contributed by atoms with van der Waals surface area (Å²) in [7, 11) is -3.37. The number of nitrogens with one attached hydrogen (secondary N) is 2. The van der Waals surface area contributed by atoms with Crippen LogP contribution >= 0.6 is 0 Å². The van der Waals surface area contributed by atoms with Gasteiger partial charge in [-0.25, -0.2) is 17.5 Å². The van der Waals surface area contributed by atoms with Gasteiger partial charge in [0.1, 0.15) is 5.82 Å². The quantitative estimate of drug-likeness (QED) is 0.786. The van der Waals surface area contributed by atoms with Crippen LogP contribution in [0.25, 0.3) is 0 Å². The van der Waals surface area contributed by atoms with Gasteiger partial charge in [-0.2, -0.15) is 0 Å². The molecular formula is C12H19FN2O2S. The van der Waals surface area contributed by atoms with E-state index in [-0.39, 0.29) is 18.3 Å². The minimum atomic E-state index is -3.37. The molecule has 0 bridgehead atoms. The Hall–Kier alpha value is -0.980. The lowest BCUT2D eigenvalue weighted by molar-refractivity contribution is 0.562. The average Bonchev–Trinajstić information content (AvgIpc) is 2.27. The highest BCUT2D eigenvalue weighted by molar-refractivity contribution is 7.89. The molecule has 1 aromatic rings. The van der Waals surface area contributed by atoms with Gasteiger partial charge in [0.2, 0.25) is 10.0 Å². The number of hydrogen-bond acceptors (Lipinski definition) is 3. The van der Waals surface area contributed by atoms with Gasteiger partial charge in [0, 0.05) is 24.7 Å². The molecule has 0 fully saturated rings. The van der Waals surface area contributed by atoms with Gasteiger partial charge in [-0.15, -0.1) is 0 Å². The minimum absolute atomic E-state index is 0.0143. The van der Waals surface area contributed by atoms with Gasteiger partial charge in [0.05, 0.1) is 5.75 Å². The highest BCUT2D eigenvalue weighted by Crippen LogP contribution is 2.05. The van der Waals surface area contributed by atoms with Crippen molar-refractivity contribution in [3.8, 4) is 0 Å². The lowest BCUT2D eigenvalue weighted by Gasteiger charge is -2.10. The molecule has 102 valence electrons. The van der Waals surface area contributed by atoms with Crippen LogP contribution in [0.15, 0.2) is 24.3 Å². The summed E-state index contributed by atoms with van der Waals surface area (Å²) in [5.74, 6) is -0.417. The number of rotatable bonds is 7. The van der Waals surface area contributed by atoms with Crippen molar-refractivity contribution in [2.75, 3.05) is 12.3 Å². The van der Waals surface area contributed by atoms with Gasteiger partial charge in [-0.05, 0) is 6.07 Å². The van der Waals surface area contributed by atoms with E-state index in [2.05, 4.69) is 10.0 Å². The summed E-state index contributed by atoms with van der Waals surface area (Å²) in [4.78, 5) is 0. The van der Waals surface area contributed by atoms with Crippen molar-refractivity contribution in [3.63, 3.8) is 0 Å². The third-order valence-corrected chi connectivity index (χ3v) is 3.69. The maximum atomic E-state index is 13.3. The highest BCUT2D eigenvalue weighted by atomic mass is 32.2. The third kappa shape index (κ3) is 5.57. The van der Waals surface area contributed by atoms with E-state index in [4.69, 9.17) is 0 Å². The van der Waals surface area contributed by atoms with Crippen LogP contribution < -0.4 is 10.0 Å². The maximum absolute atomic E-state index is 13.3. The average molecular weight is 274 g/mol. The van der Waals surface area contributed by atoms with Crippen molar-refractivity contribution < 1.29 is 12.8 Å². The molecular weight excluding hydrogens is 255 g/mol. The molecule has 0 aliphatic heterocycles. The van der Waals surface area contributed by atoms with E-state index >= 15 is 0 Å². The summed E-state index contributed by atoms with van der Waals surface area (Å²) in [5, 5.41) is 3.02. The van der Waals surface area contributed by atoms with Gasteiger partial charge >= 0.3 is 0 Å². The first kappa shape index (κ1) is 15.1. The Balaban J connectivity index is 2.45. The lowest BCUT2D eigenvalue weighted by Crippen LogP contribution is -2.34. The maximum Gasteiger partial charge on any atom is 0.213 e. The third-order valence-electron chi connectivity index (χ3n) is 2.36. The molecule has 0 spiro atoms. The summed E-state index contributed by atoms with van der Waals surface area (Å²) in [6.07, 6.45) is 0. The number of hydrogen-bond donors (Lipinski definition) is 2. The zero-order valence-electron chi connectivity index (χ0n) is 10.6. The Labute approximate surface area is 108 Å². The van der Waals surface area contributed by atoms with Crippen molar-refractivity contribution in [1.82, 2.24) is 10.0 Å². The first-order chi connectivity index (χ1) is 8.41. The molecule has 6 heteroatoms. The fraction of sp³-hybridized carbons (Fsp3) is 0.500. The van der Waals surface area contributed by atoms with Crippen LogP contribution in [0, 0.1) is 5.82 Å². The van der Waals surface area contributed by atoms with E-state index in [0.29, 0.717) is 12.1 Å². The van der Waals surface area contributed by atoms with Crippen LogP contribution in [0.1, 0.15) is 19.4 Å². The summed E-state index contributed by atoms with van der Waals surface area (Å²) >= 11 is 0. The van der Waals surface area contributed by atoms with Gasteiger partial charge in [-0.3, -0.25) is 0 Å². The Kier molecular flexibility index (Phi) is 5.71. The van der Waals surface area contributed by atoms with Crippen LogP contribution in [0.5, 0.6) is 0 Å². The minimum Gasteiger partial charge on any atom is -0.313 e. The Morgan fingerprint density at radius 1 is 1.28 bits per heavy atom. The predicted molar refractivity (Wildman–Crippen MR) is 70.2 cm³/mol. The molecule has 0 aliphatic carbocycles. The molecule has 0 saturated carbocycles. The van der Waals surface area contributed by atoms with Crippen molar-refractivity contribution in [2.24, 2.45) is 0 Å². The first-order valence-corrected chi connectivity index (χ1v) is 7.50. The molecule has 0 heterocycles. The molecule has 0 atom stereocenters. The smallest absolute Gasteiger partial charge is 0.213 e. The number of halogens is 1. The number of benzene rings is 1. The monoisotopic (exact) mass is 274 g/mol. The fourth-order valence-electron chi connectivity index (χ4n) is 1.38. The second kappa shape index (κ2) is 6.82. The van der Waals surface area contributed by atoms with Crippen LogP contribution in [0.3, 0.4) is 0 Å². The molecule has 18 heavy (non-hydrogen) atoms. The fourth-order valence-corrected chi connectivity index (χ4v) is 2.29. The molecule has 0 unspecified atom stereocenters. The molecule has 0 aliphatic rings. The SMILES string of the molecule is CC(C)NCCS(=O)(=O)NCc1ccccc1F. The van der Waals surface area contributed by atoms with Crippen LogP contribution in [0.2, 0.25) is 0 Å². The van der Waals surface area contributed by atoms with Gasteiger partial charge in [0.15, 0.2) is 0 Å². The zero-order chi connectivity index (χ0) is 13.6. The Morgan fingerprint density at radius 2 is 1.94 bits per heavy atom. The topological polar surface area (TPSA) is 58.2 Å². The van der Waals surface area contributed by atoms with Crippen LogP contribution in [0.4, 0.5) is 4.39 Å². The van der Waals surface area contributed by atoms with E-state index in [9.17, 15) is 12.8 Å². The summed E-state index contributed by atoms with van der Waals surface area (Å²) in [6.45, 7) is 4.25. The van der Waals surface area contributed by atoms with Crippen molar-refractivity contribution in [3.05, 3.63) is 35.6 Å². The predicted octanol–water partition coefficient (Wildman–Crippen LogP) is 1.24. The first-order valence-electron chi connectivity index (χ1n) is 5.85. The second-order valence-electron chi connectivity index (χ2n) is 4.34. The largest absolute Gasteiger partial charge is 0.313 e. The summed E-state index contributed by atoms with van der Waals surface area (Å²) < 4.78 is 38.9. The van der Waals surface area contributed by atoms with Crippen molar-refractivity contribution in [2.45, 2.75) is 26.4 Å². The zero-order valence-corrected chi connectivity index (χ0v) is 11.4. The Morgan fingerprint density at radius 3 is 2.56 bits per heavy atom. The van der Waals surface area contributed by atoms with Gasteiger partial charge in [0.25, 0.3) is 0 Å². The molecule has 0 saturated heterocycles. The molecule has 0 aromatic heterocycles. The lowest BCUT2D eigenvalue weighted by atomic mass is 10.2. The molecule has 0 amide bonds. The standard InChI is InChI=1S/C12H19FN2O2S/c1-10(2)14-7-8-18(16,17)15-9-11-5-3-4-6-12(11)13/h3-6,10,14-15H,7-9H2,1-2H3. The van der Waals surface area contributed by atoms with Crippen molar-refractivity contribution in [1.29, 1.82) is 0 Å². The van der Waals surface area contributed by atoms with E-state index in [1.54, 1.807) is 18.2 Å². The summed E-state index contributed by atoms with van der Waals surface area (Å²) in [5.41, 5.74) is 0.345. The molecule has 1 rings (SSSR count). The van der Waals surface area contributed by atoms with Crippen molar-refractivity contribution >= 4 is 10.0 Å².